The molecule has 2 heterocycles. The van der Waals surface area contributed by atoms with Crippen molar-refractivity contribution in [3.05, 3.63) is 42.5 Å². The van der Waals surface area contributed by atoms with E-state index in [0.29, 0.717) is 17.2 Å². The predicted octanol–water partition coefficient (Wildman–Crippen LogP) is 3.46. The molecule has 0 aliphatic carbocycles. The Balaban J connectivity index is 1.28. The first-order valence-corrected chi connectivity index (χ1v) is 9.06. The Morgan fingerprint density at radius 3 is 2.46 bits per heavy atom. The zero-order valence-electron chi connectivity index (χ0n) is 14.7. The maximum absolute atomic E-state index is 12.1. The molecular formula is C20H23N3O3. The van der Waals surface area contributed by atoms with Gasteiger partial charge in [0.2, 0.25) is 12.7 Å². The molecule has 4 rings (SSSR count). The van der Waals surface area contributed by atoms with Gasteiger partial charge < -0.3 is 25.0 Å². The van der Waals surface area contributed by atoms with E-state index in [-0.39, 0.29) is 19.2 Å². The fourth-order valence-electron chi connectivity index (χ4n) is 3.30. The smallest absolute Gasteiger partial charge is 0.243 e. The number of anilines is 3. The number of nitrogens with one attached hydrogen (secondary N) is 2. The highest BCUT2D eigenvalue weighted by Crippen LogP contribution is 2.34. The van der Waals surface area contributed by atoms with Crippen LogP contribution in [0.3, 0.4) is 0 Å². The Kier molecular flexibility index (Phi) is 4.82. The van der Waals surface area contributed by atoms with Crippen LogP contribution in [0.5, 0.6) is 11.5 Å². The van der Waals surface area contributed by atoms with Crippen LogP contribution in [0, 0.1) is 0 Å². The van der Waals surface area contributed by atoms with Gasteiger partial charge in [0.25, 0.3) is 0 Å². The summed E-state index contributed by atoms with van der Waals surface area (Å²) in [4.78, 5) is 14.6. The average Bonchev–Trinajstić information content (AvgIpc) is 3.15. The molecule has 6 heteroatoms. The molecule has 2 aromatic carbocycles. The number of nitrogens with zero attached hydrogens (tertiary/aromatic N) is 1. The molecule has 6 nitrogen and oxygen atoms in total. The van der Waals surface area contributed by atoms with Crippen LogP contribution in [0.2, 0.25) is 0 Å². The Morgan fingerprint density at radius 1 is 0.923 bits per heavy atom. The standard InChI is InChI=1S/C20H23N3O3/c24-20(22-16-6-9-18-19(12-16)26-14-25-18)13-21-15-4-7-17(8-5-15)23-10-2-1-3-11-23/h4-9,12,21H,1-3,10-11,13-14H2,(H,22,24). The lowest BCUT2D eigenvalue weighted by atomic mass is 10.1. The van der Waals surface area contributed by atoms with Gasteiger partial charge in [-0.15, -0.1) is 0 Å². The van der Waals surface area contributed by atoms with Gasteiger partial charge in [-0.1, -0.05) is 0 Å². The summed E-state index contributed by atoms with van der Waals surface area (Å²) in [6.45, 7) is 2.69. The van der Waals surface area contributed by atoms with Crippen molar-refractivity contribution in [3.8, 4) is 11.5 Å². The summed E-state index contributed by atoms with van der Waals surface area (Å²) < 4.78 is 10.6. The molecule has 1 saturated heterocycles. The Bertz CT molecular complexity index is 770. The number of benzene rings is 2. The van der Waals surface area contributed by atoms with Crippen LogP contribution in [0.15, 0.2) is 42.5 Å². The lowest BCUT2D eigenvalue weighted by Gasteiger charge is -2.28. The largest absolute Gasteiger partial charge is 0.454 e. The second-order valence-corrected chi connectivity index (χ2v) is 6.56. The molecule has 0 unspecified atom stereocenters. The lowest BCUT2D eigenvalue weighted by molar-refractivity contribution is -0.114. The minimum Gasteiger partial charge on any atom is -0.454 e. The van der Waals surface area contributed by atoms with Crippen molar-refractivity contribution in [3.63, 3.8) is 0 Å². The summed E-state index contributed by atoms with van der Waals surface area (Å²) >= 11 is 0. The van der Waals surface area contributed by atoms with E-state index in [0.717, 1.165) is 18.8 Å². The molecule has 0 aromatic heterocycles. The average molecular weight is 353 g/mol. The highest BCUT2D eigenvalue weighted by Gasteiger charge is 2.14. The number of hydrogen-bond donors (Lipinski definition) is 2. The van der Waals surface area contributed by atoms with Crippen LogP contribution in [0.1, 0.15) is 19.3 Å². The molecule has 0 spiro atoms. The van der Waals surface area contributed by atoms with Gasteiger partial charge in [0, 0.05) is 36.2 Å². The number of fused-ring (bicyclic) bond motifs is 1. The molecule has 0 saturated carbocycles. The van der Waals surface area contributed by atoms with Crippen LogP contribution < -0.4 is 25.0 Å². The molecule has 0 radical (unpaired) electrons. The third kappa shape index (κ3) is 3.85. The number of amides is 1. The summed E-state index contributed by atoms with van der Waals surface area (Å²) in [6.07, 6.45) is 3.86. The fraction of sp³-hybridized carbons (Fsp3) is 0.350. The molecule has 1 fully saturated rings. The van der Waals surface area contributed by atoms with Crippen molar-refractivity contribution in [2.75, 3.05) is 42.0 Å². The van der Waals surface area contributed by atoms with Gasteiger partial charge in [0.1, 0.15) is 0 Å². The Labute approximate surface area is 153 Å². The van der Waals surface area contributed by atoms with Crippen molar-refractivity contribution in [1.29, 1.82) is 0 Å². The van der Waals surface area contributed by atoms with Crippen molar-refractivity contribution < 1.29 is 14.3 Å². The number of carbonyl (C=O) groups is 1. The molecule has 0 atom stereocenters. The highest BCUT2D eigenvalue weighted by molar-refractivity contribution is 5.94. The maximum atomic E-state index is 12.1. The molecule has 0 bridgehead atoms. The van der Waals surface area contributed by atoms with Crippen molar-refractivity contribution in [2.24, 2.45) is 0 Å². The SMILES string of the molecule is O=C(CNc1ccc(N2CCCCC2)cc1)Nc1ccc2c(c1)OCO2. The summed E-state index contributed by atoms with van der Waals surface area (Å²) in [5.74, 6) is 1.25. The van der Waals surface area contributed by atoms with E-state index in [1.54, 1.807) is 18.2 Å². The fourth-order valence-corrected chi connectivity index (χ4v) is 3.30. The number of hydrogen-bond acceptors (Lipinski definition) is 5. The quantitative estimate of drug-likeness (QED) is 0.862. The van der Waals surface area contributed by atoms with Gasteiger partial charge in [0.05, 0.1) is 6.54 Å². The molecule has 2 aliphatic rings. The Hall–Kier alpha value is -2.89. The van der Waals surface area contributed by atoms with E-state index in [4.69, 9.17) is 9.47 Å². The molecule has 136 valence electrons. The van der Waals surface area contributed by atoms with Crippen molar-refractivity contribution in [2.45, 2.75) is 19.3 Å². The number of rotatable bonds is 5. The normalized spacial score (nSPS) is 15.6. The zero-order chi connectivity index (χ0) is 17.8. The van der Waals surface area contributed by atoms with Crippen LogP contribution in [-0.2, 0) is 4.79 Å². The number of carbonyl (C=O) groups excluding carboxylic acids is 1. The lowest BCUT2D eigenvalue weighted by Crippen LogP contribution is -2.29. The van der Waals surface area contributed by atoms with E-state index in [2.05, 4.69) is 27.7 Å². The van der Waals surface area contributed by atoms with Crippen molar-refractivity contribution >= 4 is 23.0 Å². The van der Waals surface area contributed by atoms with E-state index >= 15 is 0 Å². The topological polar surface area (TPSA) is 62.8 Å². The summed E-state index contributed by atoms with van der Waals surface area (Å²) in [5.41, 5.74) is 2.88. The zero-order valence-corrected chi connectivity index (χ0v) is 14.7. The summed E-state index contributed by atoms with van der Waals surface area (Å²) in [5, 5.41) is 6.02. The highest BCUT2D eigenvalue weighted by atomic mass is 16.7. The Morgan fingerprint density at radius 2 is 1.65 bits per heavy atom. The van der Waals surface area contributed by atoms with Gasteiger partial charge in [-0.25, -0.2) is 0 Å². The van der Waals surface area contributed by atoms with Gasteiger partial charge in [-0.3, -0.25) is 4.79 Å². The van der Waals surface area contributed by atoms with Gasteiger partial charge in [-0.2, -0.15) is 0 Å². The first-order valence-electron chi connectivity index (χ1n) is 9.06. The second-order valence-electron chi connectivity index (χ2n) is 6.56. The maximum Gasteiger partial charge on any atom is 0.243 e. The van der Waals surface area contributed by atoms with Crippen LogP contribution in [-0.4, -0.2) is 32.3 Å². The molecule has 26 heavy (non-hydrogen) atoms. The number of ether oxygens (including phenoxy) is 2. The molecule has 2 aromatic rings. The predicted molar refractivity (Wildman–Crippen MR) is 102 cm³/mol. The minimum atomic E-state index is -0.107. The minimum absolute atomic E-state index is 0.107. The van der Waals surface area contributed by atoms with E-state index in [9.17, 15) is 4.79 Å². The first-order chi connectivity index (χ1) is 12.8. The van der Waals surface area contributed by atoms with E-state index < -0.39 is 0 Å². The van der Waals surface area contributed by atoms with E-state index in [1.165, 1.54) is 24.9 Å². The first kappa shape index (κ1) is 16.6. The number of piperidine rings is 1. The second kappa shape index (κ2) is 7.56. The molecule has 2 N–H and O–H groups in total. The van der Waals surface area contributed by atoms with Crippen LogP contribution in [0.25, 0.3) is 0 Å². The van der Waals surface area contributed by atoms with Gasteiger partial charge >= 0.3 is 0 Å². The third-order valence-corrected chi connectivity index (χ3v) is 4.70. The molecule has 2 aliphatic heterocycles. The molecular weight excluding hydrogens is 330 g/mol. The van der Waals surface area contributed by atoms with Gasteiger partial charge in [-0.05, 0) is 55.7 Å². The summed E-state index contributed by atoms with van der Waals surface area (Å²) in [7, 11) is 0. The van der Waals surface area contributed by atoms with E-state index in [1.807, 2.05) is 12.1 Å². The third-order valence-electron chi connectivity index (χ3n) is 4.70. The van der Waals surface area contributed by atoms with Crippen LogP contribution in [0.4, 0.5) is 17.1 Å². The monoisotopic (exact) mass is 353 g/mol. The molecule has 1 amide bonds. The van der Waals surface area contributed by atoms with Gasteiger partial charge in [0.15, 0.2) is 11.5 Å². The summed E-state index contributed by atoms with van der Waals surface area (Å²) in [6, 6.07) is 13.7. The van der Waals surface area contributed by atoms with Crippen LogP contribution >= 0.6 is 0 Å². The van der Waals surface area contributed by atoms with Crippen molar-refractivity contribution in [1.82, 2.24) is 0 Å².